The maximum Gasteiger partial charge on any atom is 0.387 e. The summed E-state index contributed by atoms with van der Waals surface area (Å²) in [7, 11) is 1.62. The average molecular weight is 338 g/mol. The van der Waals surface area contributed by atoms with Crippen LogP contribution in [-0.2, 0) is 6.54 Å². The van der Waals surface area contributed by atoms with E-state index in [1.165, 1.54) is 12.1 Å². The highest BCUT2D eigenvalue weighted by molar-refractivity contribution is 7.80. The first-order valence-electron chi connectivity index (χ1n) is 6.79. The Morgan fingerprint density at radius 2 is 1.65 bits per heavy atom. The second-order valence-electron chi connectivity index (χ2n) is 4.56. The van der Waals surface area contributed by atoms with Crippen molar-refractivity contribution in [1.82, 2.24) is 5.32 Å². The summed E-state index contributed by atoms with van der Waals surface area (Å²) in [6.07, 6.45) is 0. The molecule has 2 N–H and O–H groups in total. The van der Waals surface area contributed by atoms with Gasteiger partial charge in [0.2, 0.25) is 0 Å². The van der Waals surface area contributed by atoms with Crippen LogP contribution in [0.1, 0.15) is 5.56 Å². The van der Waals surface area contributed by atoms with Gasteiger partial charge in [0, 0.05) is 12.2 Å². The van der Waals surface area contributed by atoms with E-state index in [2.05, 4.69) is 15.4 Å². The van der Waals surface area contributed by atoms with E-state index in [0.717, 1.165) is 11.3 Å². The summed E-state index contributed by atoms with van der Waals surface area (Å²) < 4.78 is 33.5. The third-order valence-corrected chi connectivity index (χ3v) is 3.20. The zero-order valence-electron chi connectivity index (χ0n) is 12.4. The van der Waals surface area contributed by atoms with E-state index in [-0.39, 0.29) is 5.75 Å². The zero-order chi connectivity index (χ0) is 16.7. The number of nitrogens with one attached hydrogen (secondary N) is 2. The molecule has 0 heterocycles. The topological polar surface area (TPSA) is 42.5 Å². The minimum absolute atomic E-state index is 0.0997. The summed E-state index contributed by atoms with van der Waals surface area (Å²) >= 11 is 5.19. The Morgan fingerprint density at radius 3 is 2.22 bits per heavy atom. The lowest BCUT2D eigenvalue weighted by Gasteiger charge is -2.11. The monoisotopic (exact) mass is 338 g/mol. The molecule has 0 aliphatic rings. The number of hydrogen-bond acceptors (Lipinski definition) is 3. The molecule has 2 rings (SSSR count). The molecule has 0 spiro atoms. The maximum absolute atomic E-state index is 12.1. The van der Waals surface area contributed by atoms with Crippen LogP contribution in [0.15, 0.2) is 48.5 Å². The molecule has 23 heavy (non-hydrogen) atoms. The number of methoxy groups -OCH3 is 1. The first kappa shape index (κ1) is 17.0. The lowest BCUT2D eigenvalue weighted by Crippen LogP contribution is -2.27. The molecule has 0 aliphatic carbocycles. The SMILES string of the molecule is COc1ccc(CNC(=S)Nc2ccc(OC(F)F)cc2)cc1. The van der Waals surface area contributed by atoms with Gasteiger partial charge in [-0.15, -0.1) is 0 Å². The molecule has 0 amide bonds. The lowest BCUT2D eigenvalue weighted by atomic mass is 10.2. The Balaban J connectivity index is 1.81. The highest BCUT2D eigenvalue weighted by Crippen LogP contribution is 2.17. The molecule has 0 bridgehead atoms. The predicted octanol–water partition coefficient (Wildman–Crippen LogP) is 3.78. The Morgan fingerprint density at radius 1 is 1.04 bits per heavy atom. The predicted molar refractivity (Wildman–Crippen MR) is 89.1 cm³/mol. The van der Waals surface area contributed by atoms with Crippen molar-refractivity contribution in [3.8, 4) is 11.5 Å². The van der Waals surface area contributed by atoms with Crippen LogP contribution in [0.4, 0.5) is 14.5 Å². The smallest absolute Gasteiger partial charge is 0.387 e. The van der Waals surface area contributed by atoms with Crippen LogP contribution < -0.4 is 20.1 Å². The van der Waals surface area contributed by atoms with Crippen LogP contribution in [0.5, 0.6) is 11.5 Å². The summed E-state index contributed by atoms with van der Waals surface area (Å²) in [5.74, 6) is 0.892. The van der Waals surface area contributed by atoms with E-state index >= 15 is 0 Å². The minimum atomic E-state index is -2.83. The van der Waals surface area contributed by atoms with Gasteiger partial charge >= 0.3 is 6.61 Å². The number of ether oxygens (including phenoxy) is 2. The van der Waals surface area contributed by atoms with Gasteiger partial charge in [0.1, 0.15) is 11.5 Å². The molecule has 2 aromatic rings. The Bertz CT molecular complexity index is 634. The van der Waals surface area contributed by atoms with Gasteiger partial charge < -0.3 is 20.1 Å². The van der Waals surface area contributed by atoms with E-state index in [1.807, 2.05) is 24.3 Å². The maximum atomic E-state index is 12.1. The van der Waals surface area contributed by atoms with Gasteiger partial charge in [0.15, 0.2) is 5.11 Å². The number of thiocarbonyl (C=S) groups is 1. The molecule has 0 radical (unpaired) electrons. The number of halogens is 2. The molecule has 0 fully saturated rings. The van der Waals surface area contributed by atoms with Crippen molar-refractivity contribution >= 4 is 23.0 Å². The minimum Gasteiger partial charge on any atom is -0.497 e. The summed E-state index contributed by atoms with van der Waals surface area (Å²) in [4.78, 5) is 0. The highest BCUT2D eigenvalue weighted by Gasteiger charge is 2.04. The van der Waals surface area contributed by atoms with Crippen molar-refractivity contribution in [2.45, 2.75) is 13.2 Å². The van der Waals surface area contributed by atoms with E-state index in [0.29, 0.717) is 17.3 Å². The van der Waals surface area contributed by atoms with E-state index < -0.39 is 6.61 Å². The fourth-order valence-corrected chi connectivity index (χ4v) is 2.01. The summed E-state index contributed by atoms with van der Waals surface area (Å²) in [6.45, 7) is -2.27. The number of benzene rings is 2. The molecule has 0 saturated heterocycles. The largest absolute Gasteiger partial charge is 0.497 e. The summed E-state index contributed by atoms with van der Waals surface area (Å²) in [5.41, 5.74) is 1.73. The van der Waals surface area contributed by atoms with Gasteiger partial charge in [-0.25, -0.2) is 0 Å². The van der Waals surface area contributed by atoms with Crippen molar-refractivity contribution in [3.05, 3.63) is 54.1 Å². The van der Waals surface area contributed by atoms with Crippen LogP contribution in [0.3, 0.4) is 0 Å². The highest BCUT2D eigenvalue weighted by atomic mass is 32.1. The van der Waals surface area contributed by atoms with Crippen LogP contribution in [0.25, 0.3) is 0 Å². The summed E-state index contributed by atoms with van der Waals surface area (Å²) in [6, 6.07) is 13.7. The van der Waals surface area contributed by atoms with Gasteiger partial charge in [0.05, 0.1) is 7.11 Å². The van der Waals surface area contributed by atoms with Gasteiger partial charge in [-0.05, 0) is 54.2 Å². The first-order valence-corrected chi connectivity index (χ1v) is 7.20. The van der Waals surface area contributed by atoms with Crippen LogP contribution in [0, 0.1) is 0 Å². The summed E-state index contributed by atoms with van der Waals surface area (Å²) in [5, 5.41) is 6.46. The molecular formula is C16H16F2N2O2S. The molecule has 122 valence electrons. The Labute approximate surface area is 138 Å². The molecule has 2 aromatic carbocycles. The zero-order valence-corrected chi connectivity index (χ0v) is 13.2. The number of anilines is 1. The van der Waals surface area contributed by atoms with Crippen molar-refractivity contribution in [2.75, 3.05) is 12.4 Å². The van der Waals surface area contributed by atoms with E-state index in [1.54, 1.807) is 19.2 Å². The van der Waals surface area contributed by atoms with E-state index in [9.17, 15) is 8.78 Å². The molecule has 4 nitrogen and oxygen atoms in total. The van der Waals surface area contributed by atoms with Crippen molar-refractivity contribution < 1.29 is 18.3 Å². The third-order valence-electron chi connectivity index (χ3n) is 2.95. The third kappa shape index (κ3) is 5.71. The molecule has 0 aromatic heterocycles. The first-order chi connectivity index (χ1) is 11.1. The van der Waals surface area contributed by atoms with Gasteiger partial charge in [0.25, 0.3) is 0 Å². The molecule has 7 heteroatoms. The second-order valence-corrected chi connectivity index (χ2v) is 4.97. The fourth-order valence-electron chi connectivity index (χ4n) is 1.82. The molecular weight excluding hydrogens is 322 g/mol. The van der Waals surface area contributed by atoms with Crippen LogP contribution >= 0.6 is 12.2 Å². The van der Waals surface area contributed by atoms with Crippen molar-refractivity contribution in [3.63, 3.8) is 0 Å². The number of rotatable bonds is 6. The molecule has 0 unspecified atom stereocenters. The standard InChI is InChI=1S/C16H16F2N2O2S/c1-21-13-6-2-11(3-7-13)10-19-16(23)20-12-4-8-14(9-5-12)22-15(17)18/h2-9,15H,10H2,1H3,(H2,19,20,23). The second kappa shape index (κ2) is 8.28. The lowest BCUT2D eigenvalue weighted by molar-refractivity contribution is -0.0498. The van der Waals surface area contributed by atoms with Gasteiger partial charge in [-0.3, -0.25) is 0 Å². The molecule has 0 saturated carbocycles. The molecule has 0 atom stereocenters. The van der Waals surface area contributed by atoms with Crippen molar-refractivity contribution in [1.29, 1.82) is 0 Å². The normalized spacial score (nSPS) is 10.3. The van der Waals surface area contributed by atoms with Crippen LogP contribution in [-0.4, -0.2) is 18.8 Å². The average Bonchev–Trinajstić information content (AvgIpc) is 2.55. The van der Waals surface area contributed by atoms with Gasteiger partial charge in [-0.1, -0.05) is 12.1 Å². The quantitative estimate of drug-likeness (QED) is 0.785. The van der Waals surface area contributed by atoms with Crippen LogP contribution in [0.2, 0.25) is 0 Å². The number of hydrogen-bond donors (Lipinski definition) is 2. The van der Waals surface area contributed by atoms with E-state index in [4.69, 9.17) is 17.0 Å². The fraction of sp³-hybridized carbons (Fsp3) is 0.188. The van der Waals surface area contributed by atoms with Crippen molar-refractivity contribution in [2.24, 2.45) is 0 Å². The van der Waals surface area contributed by atoms with Gasteiger partial charge in [-0.2, -0.15) is 8.78 Å². The number of alkyl halides is 2. The Kier molecular flexibility index (Phi) is 6.10. The Hall–Kier alpha value is -2.41. The molecule has 0 aliphatic heterocycles.